The highest BCUT2D eigenvalue weighted by atomic mass is 32.2. The van der Waals surface area contributed by atoms with Crippen LogP contribution in [0.5, 0.6) is 0 Å². The van der Waals surface area contributed by atoms with Crippen molar-refractivity contribution >= 4 is 16.9 Å². The zero-order valence-corrected chi connectivity index (χ0v) is 11.5. The summed E-state index contributed by atoms with van der Waals surface area (Å²) in [5.41, 5.74) is 1.14. The Morgan fingerprint density at radius 3 is 3.12 bits per heavy atom. The maximum atomic E-state index is 4.63. The van der Waals surface area contributed by atoms with Gasteiger partial charge < -0.3 is 5.32 Å². The number of aryl methyl sites for hydroxylation is 1. The molecular formula is C12H20N4S. The predicted molar refractivity (Wildman–Crippen MR) is 73.2 cm³/mol. The molecule has 0 spiro atoms. The molecule has 2 heterocycles. The summed E-state index contributed by atoms with van der Waals surface area (Å²) in [5, 5.41) is 8.74. The highest BCUT2D eigenvalue weighted by molar-refractivity contribution is 8.13. The molecule has 5 heteroatoms. The third kappa shape index (κ3) is 3.25. The number of rotatable bonds is 3. The lowest BCUT2D eigenvalue weighted by atomic mass is 10.0. The van der Waals surface area contributed by atoms with Crippen molar-refractivity contribution in [2.24, 2.45) is 18.0 Å². The van der Waals surface area contributed by atoms with E-state index in [2.05, 4.69) is 29.3 Å². The molecule has 1 aliphatic rings. The summed E-state index contributed by atoms with van der Waals surface area (Å²) in [6, 6.07) is 2.58. The van der Waals surface area contributed by atoms with Gasteiger partial charge in [0.2, 0.25) is 0 Å². The van der Waals surface area contributed by atoms with Gasteiger partial charge in [-0.1, -0.05) is 25.6 Å². The van der Waals surface area contributed by atoms with Crippen molar-refractivity contribution in [2.45, 2.75) is 32.9 Å². The van der Waals surface area contributed by atoms with E-state index in [1.54, 1.807) is 0 Å². The molecular weight excluding hydrogens is 232 g/mol. The van der Waals surface area contributed by atoms with E-state index in [1.165, 1.54) is 12.2 Å². The first-order chi connectivity index (χ1) is 8.16. The number of nitrogens with zero attached hydrogens (tertiary/aromatic N) is 3. The molecule has 94 valence electrons. The van der Waals surface area contributed by atoms with Gasteiger partial charge in [-0.2, -0.15) is 5.10 Å². The van der Waals surface area contributed by atoms with Gasteiger partial charge in [0, 0.05) is 25.0 Å². The van der Waals surface area contributed by atoms with Crippen LogP contribution in [-0.2, 0) is 13.6 Å². The number of amidine groups is 1. The van der Waals surface area contributed by atoms with Crippen LogP contribution in [0.4, 0.5) is 0 Å². The number of thioether (sulfide) groups is 1. The van der Waals surface area contributed by atoms with Gasteiger partial charge in [-0.15, -0.1) is 0 Å². The molecule has 1 fully saturated rings. The summed E-state index contributed by atoms with van der Waals surface area (Å²) in [6.45, 7) is 5.22. The zero-order chi connectivity index (χ0) is 12.3. The van der Waals surface area contributed by atoms with Crippen LogP contribution >= 0.6 is 11.8 Å². The van der Waals surface area contributed by atoms with E-state index < -0.39 is 0 Å². The van der Waals surface area contributed by atoms with E-state index in [1.807, 2.05) is 35.8 Å². The Balaban J connectivity index is 1.95. The fourth-order valence-electron chi connectivity index (χ4n) is 1.86. The highest BCUT2D eigenvalue weighted by Gasteiger charge is 2.19. The average molecular weight is 252 g/mol. The van der Waals surface area contributed by atoms with Gasteiger partial charge in [0.25, 0.3) is 0 Å². The van der Waals surface area contributed by atoms with Gasteiger partial charge >= 0.3 is 0 Å². The standard InChI is InChI=1S/C12H20N4S/c1-9(2)11-5-7-17-12(15-11)13-8-10-4-6-14-16(10)3/h4,6,9,11H,5,7-8H2,1-3H3,(H,13,15). The lowest BCUT2D eigenvalue weighted by Crippen LogP contribution is -2.41. The average Bonchev–Trinajstić information content (AvgIpc) is 2.72. The fourth-order valence-corrected chi connectivity index (χ4v) is 2.81. The number of nitrogens with one attached hydrogen (secondary N) is 1. The minimum absolute atomic E-state index is 0.571. The molecule has 1 aromatic rings. The van der Waals surface area contributed by atoms with Gasteiger partial charge in [-0.25, -0.2) is 0 Å². The third-order valence-electron chi connectivity index (χ3n) is 3.09. The molecule has 0 saturated carbocycles. The summed E-state index contributed by atoms with van der Waals surface area (Å²) < 4.78 is 1.87. The molecule has 2 rings (SSSR count). The second-order valence-electron chi connectivity index (χ2n) is 4.70. The fraction of sp³-hybridized carbons (Fsp3) is 0.667. The quantitative estimate of drug-likeness (QED) is 0.895. The van der Waals surface area contributed by atoms with E-state index in [-0.39, 0.29) is 0 Å². The number of aliphatic imine (C=N–C) groups is 1. The molecule has 0 aromatic carbocycles. The van der Waals surface area contributed by atoms with Gasteiger partial charge in [-0.05, 0) is 18.4 Å². The van der Waals surface area contributed by atoms with Crippen LogP contribution in [-0.4, -0.2) is 26.7 Å². The van der Waals surface area contributed by atoms with E-state index in [0.29, 0.717) is 18.5 Å². The van der Waals surface area contributed by atoms with Crippen molar-refractivity contribution in [3.63, 3.8) is 0 Å². The van der Waals surface area contributed by atoms with Crippen LogP contribution in [0.2, 0.25) is 0 Å². The number of aromatic nitrogens is 2. The predicted octanol–water partition coefficient (Wildman–Crippen LogP) is 2.03. The lowest BCUT2D eigenvalue weighted by Gasteiger charge is -2.28. The molecule has 1 unspecified atom stereocenters. The monoisotopic (exact) mass is 252 g/mol. The molecule has 1 atom stereocenters. The van der Waals surface area contributed by atoms with Crippen LogP contribution in [0.15, 0.2) is 17.3 Å². The molecule has 0 amide bonds. The molecule has 1 saturated heterocycles. The molecule has 0 radical (unpaired) electrons. The number of hydrogen-bond donors (Lipinski definition) is 1. The van der Waals surface area contributed by atoms with Gasteiger partial charge in [0.1, 0.15) is 0 Å². The Morgan fingerprint density at radius 1 is 1.65 bits per heavy atom. The van der Waals surface area contributed by atoms with E-state index in [0.717, 1.165) is 10.9 Å². The Labute approximate surface area is 107 Å². The largest absolute Gasteiger partial charge is 0.362 e. The molecule has 1 N–H and O–H groups in total. The summed E-state index contributed by atoms with van der Waals surface area (Å²) in [6.07, 6.45) is 3.04. The van der Waals surface area contributed by atoms with Crippen molar-refractivity contribution in [1.29, 1.82) is 0 Å². The van der Waals surface area contributed by atoms with Crippen LogP contribution in [0.3, 0.4) is 0 Å². The summed E-state index contributed by atoms with van der Waals surface area (Å²) >= 11 is 1.82. The smallest absolute Gasteiger partial charge is 0.157 e. The van der Waals surface area contributed by atoms with Crippen molar-refractivity contribution in [3.8, 4) is 0 Å². The normalized spacial score (nSPS) is 23.1. The van der Waals surface area contributed by atoms with Gasteiger partial charge in [0.15, 0.2) is 5.17 Å². The first kappa shape index (κ1) is 12.5. The second kappa shape index (κ2) is 5.58. The second-order valence-corrected chi connectivity index (χ2v) is 5.78. The molecule has 4 nitrogen and oxygen atoms in total. The maximum Gasteiger partial charge on any atom is 0.157 e. The third-order valence-corrected chi connectivity index (χ3v) is 4.05. The molecule has 17 heavy (non-hydrogen) atoms. The first-order valence-corrected chi connectivity index (χ1v) is 7.06. The summed E-state index contributed by atoms with van der Waals surface area (Å²) in [5.74, 6) is 1.83. The van der Waals surface area contributed by atoms with Crippen LogP contribution in [0, 0.1) is 5.92 Å². The van der Waals surface area contributed by atoms with E-state index in [9.17, 15) is 0 Å². The van der Waals surface area contributed by atoms with E-state index in [4.69, 9.17) is 0 Å². The summed E-state index contributed by atoms with van der Waals surface area (Å²) in [4.78, 5) is 4.63. The highest BCUT2D eigenvalue weighted by Crippen LogP contribution is 2.19. The molecule has 0 aliphatic carbocycles. The van der Waals surface area contributed by atoms with Crippen molar-refractivity contribution in [3.05, 3.63) is 18.0 Å². The number of hydrogen-bond acceptors (Lipinski definition) is 3. The van der Waals surface area contributed by atoms with Crippen LogP contribution in [0.1, 0.15) is 26.0 Å². The SMILES string of the molecule is CC(C)C1CCSC(=NCc2ccnn2C)N1. The topological polar surface area (TPSA) is 42.2 Å². The van der Waals surface area contributed by atoms with Gasteiger partial charge in [0.05, 0.1) is 12.2 Å². The van der Waals surface area contributed by atoms with Gasteiger partial charge in [-0.3, -0.25) is 9.67 Å². The minimum atomic E-state index is 0.571. The Hall–Kier alpha value is -0.970. The Bertz CT molecular complexity index is 397. The molecule has 1 aliphatic heterocycles. The van der Waals surface area contributed by atoms with Crippen LogP contribution in [0.25, 0.3) is 0 Å². The first-order valence-electron chi connectivity index (χ1n) is 6.07. The van der Waals surface area contributed by atoms with Crippen molar-refractivity contribution in [2.75, 3.05) is 5.75 Å². The molecule has 1 aromatic heterocycles. The van der Waals surface area contributed by atoms with Crippen molar-refractivity contribution < 1.29 is 0 Å². The van der Waals surface area contributed by atoms with E-state index >= 15 is 0 Å². The Morgan fingerprint density at radius 2 is 2.47 bits per heavy atom. The van der Waals surface area contributed by atoms with Crippen LogP contribution < -0.4 is 5.32 Å². The minimum Gasteiger partial charge on any atom is -0.362 e. The summed E-state index contributed by atoms with van der Waals surface area (Å²) in [7, 11) is 1.95. The molecule has 0 bridgehead atoms. The van der Waals surface area contributed by atoms with Crippen molar-refractivity contribution in [1.82, 2.24) is 15.1 Å². The Kier molecular flexibility index (Phi) is 4.10. The maximum absolute atomic E-state index is 4.63. The zero-order valence-electron chi connectivity index (χ0n) is 10.7. The lowest BCUT2D eigenvalue weighted by molar-refractivity contribution is 0.442.